The molecule has 1 atom stereocenters. The van der Waals surface area contributed by atoms with Gasteiger partial charge in [-0.25, -0.2) is 0 Å². The third kappa shape index (κ3) is 4.70. The van der Waals surface area contributed by atoms with Crippen LogP contribution >= 0.6 is 0 Å². The number of amides is 1. The van der Waals surface area contributed by atoms with Crippen molar-refractivity contribution in [3.63, 3.8) is 0 Å². The van der Waals surface area contributed by atoms with Crippen molar-refractivity contribution in [1.29, 1.82) is 0 Å². The Morgan fingerprint density at radius 2 is 1.57 bits per heavy atom. The summed E-state index contributed by atoms with van der Waals surface area (Å²) < 4.78 is 22.8. The minimum atomic E-state index is -0.366. The first-order valence-electron chi connectivity index (χ1n) is 12.2. The van der Waals surface area contributed by atoms with Gasteiger partial charge in [-0.15, -0.1) is 0 Å². The van der Waals surface area contributed by atoms with Crippen LogP contribution in [0.15, 0.2) is 66.7 Å². The number of carbonyl (C=O) groups excluding carboxylic acids is 2. The minimum Gasteiger partial charge on any atom is -0.493 e. The summed E-state index contributed by atoms with van der Waals surface area (Å²) in [4.78, 5) is 27.4. The van der Waals surface area contributed by atoms with Gasteiger partial charge in [0, 0.05) is 12.6 Å². The SMILES string of the molecule is COc1ccc(C(C)=O)c(OCC2CN(C(=O)C=C3c4ccccc4-c4ccccc43)CCO2)c1OC. The van der Waals surface area contributed by atoms with E-state index in [0.717, 1.165) is 27.8 Å². The average molecular weight is 500 g/mol. The van der Waals surface area contributed by atoms with Gasteiger partial charge in [0.25, 0.3) is 0 Å². The van der Waals surface area contributed by atoms with Crippen molar-refractivity contribution in [1.82, 2.24) is 4.90 Å². The Balaban J connectivity index is 1.34. The number of rotatable bonds is 7. The number of carbonyl (C=O) groups is 2. The molecule has 1 saturated heterocycles. The predicted octanol–water partition coefficient (Wildman–Crippen LogP) is 4.62. The van der Waals surface area contributed by atoms with Crippen LogP contribution in [0.25, 0.3) is 16.7 Å². The van der Waals surface area contributed by atoms with Gasteiger partial charge in [0.15, 0.2) is 17.3 Å². The third-order valence-corrected chi connectivity index (χ3v) is 6.74. The van der Waals surface area contributed by atoms with Crippen molar-refractivity contribution in [2.75, 3.05) is 40.5 Å². The number of ether oxygens (including phenoxy) is 4. The number of Topliss-reactive ketones (excluding diaryl/α,β-unsaturated/α-hetero) is 1. The summed E-state index contributed by atoms with van der Waals surface area (Å²) in [5.74, 6) is 0.900. The summed E-state index contributed by atoms with van der Waals surface area (Å²) in [6.45, 7) is 2.87. The van der Waals surface area contributed by atoms with Gasteiger partial charge in [0.05, 0.1) is 32.9 Å². The highest BCUT2D eigenvalue weighted by Crippen LogP contribution is 2.44. The van der Waals surface area contributed by atoms with Gasteiger partial charge in [-0.2, -0.15) is 0 Å². The normalized spacial score (nSPS) is 16.0. The van der Waals surface area contributed by atoms with E-state index in [4.69, 9.17) is 18.9 Å². The summed E-state index contributed by atoms with van der Waals surface area (Å²) in [5.41, 5.74) is 5.73. The van der Waals surface area contributed by atoms with E-state index in [1.807, 2.05) is 24.3 Å². The van der Waals surface area contributed by atoms with Crippen LogP contribution in [-0.2, 0) is 9.53 Å². The first-order valence-corrected chi connectivity index (χ1v) is 12.2. The number of nitrogens with zero attached hydrogens (tertiary/aromatic N) is 1. The van der Waals surface area contributed by atoms with Gasteiger partial charge in [-0.1, -0.05) is 48.5 Å². The summed E-state index contributed by atoms with van der Waals surface area (Å²) >= 11 is 0. The molecular weight excluding hydrogens is 470 g/mol. The van der Waals surface area contributed by atoms with E-state index in [9.17, 15) is 9.59 Å². The second kappa shape index (κ2) is 10.5. The number of hydrogen-bond donors (Lipinski definition) is 0. The van der Waals surface area contributed by atoms with Crippen LogP contribution in [0.5, 0.6) is 17.2 Å². The zero-order valence-corrected chi connectivity index (χ0v) is 21.2. The fraction of sp³-hybridized carbons (Fsp3) is 0.267. The van der Waals surface area contributed by atoms with E-state index in [2.05, 4.69) is 24.3 Å². The van der Waals surface area contributed by atoms with Crippen molar-refractivity contribution in [3.05, 3.63) is 83.4 Å². The molecule has 37 heavy (non-hydrogen) atoms. The molecule has 1 aliphatic carbocycles. The predicted molar refractivity (Wildman–Crippen MR) is 140 cm³/mol. The monoisotopic (exact) mass is 499 g/mol. The van der Waals surface area contributed by atoms with Crippen LogP contribution in [0.2, 0.25) is 0 Å². The van der Waals surface area contributed by atoms with Crippen LogP contribution < -0.4 is 14.2 Å². The molecule has 5 rings (SSSR count). The van der Waals surface area contributed by atoms with E-state index in [1.54, 1.807) is 23.1 Å². The molecule has 2 aliphatic rings. The van der Waals surface area contributed by atoms with Crippen molar-refractivity contribution >= 4 is 17.3 Å². The van der Waals surface area contributed by atoms with Crippen molar-refractivity contribution in [3.8, 4) is 28.4 Å². The summed E-state index contributed by atoms with van der Waals surface area (Å²) in [7, 11) is 3.03. The maximum atomic E-state index is 13.4. The molecule has 0 N–H and O–H groups in total. The van der Waals surface area contributed by atoms with Gasteiger partial charge in [0.1, 0.15) is 12.7 Å². The van der Waals surface area contributed by atoms with Gasteiger partial charge in [-0.3, -0.25) is 9.59 Å². The second-order valence-corrected chi connectivity index (χ2v) is 8.97. The summed E-state index contributed by atoms with van der Waals surface area (Å²) in [6, 6.07) is 19.6. The summed E-state index contributed by atoms with van der Waals surface area (Å²) in [6.07, 6.45) is 1.36. The van der Waals surface area contributed by atoms with Crippen LogP contribution in [-0.4, -0.2) is 63.2 Å². The van der Waals surface area contributed by atoms with E-state index >= 15 is 0 Å². The molecule has 0 spiro atoms. The lowest BCUT2D eigenvalue weighted by Gasteiger charge is -2.32. The van der Waals surface area contributed by atoms with Crippen LogP contribution in [0.3, 0.4) is 0 Å². The molecule has 3 aromatic carbocycles. The Bertz CT molecular complexity index is 1330. The van der Waals surface area contributed by atoms with Crippen LogP contribution in [0, 0.1) is 0 Å². The molecule has 0 radical (unpaired) electrons. The van der Waals surface area contributed by atoms with Gasteiger partial charge in [0.2, 0.25) is 11.7 Å². The number of ketones is 1. The molecule has 1 heterocycles. The molecule has 0 saturated carbocycles. The molecule has 7 heteroatoms. The standard InChI is InChI=1S/C30H29NO6/c1-19(32)21-12-13-27(34-2)30(35-3)29(21)37-18-20-17-31(14-15-36-20)28(33)16-26-24-10-6-4-8-22(24)23-9-5-7-11-25(23)26/h4-13,16,20H,14-15,17-18H2,1-3H3. The lowest BCUT2D eigenvalue weighted by molar-refractivity contribution is -0.134. The Hall–Kier alpha value is -4.10. The van der Waals surface area contributed by atoms with Crippen molar-refractivity contribution in [2.45, 2.75) is 13.0 Å². The fourth-order valence-corrected chi connectivity index (χ4v) is 4.94. The maximum absolute atomic E-state index is 13.4. The van der Waals surface area contributed by atoms with E-state index < -0.39 is 0 Å². The first kappa shape index (κ1) is 24.6. The van der Waals surface area contributed by atoms with E-state index in [-0.39, 0.29) is 24.4 Å². The highest BCUT2D eigenvalue weighted by atomic mass is 16.6. The number of morpholine rings is 1. The zero-order valence-electron chi connectivity index (χ0n) is 21.2. The smallest absolute Gasteiger partial charge is 0.247 e. The molecule has 1 fully saturated rings. The lowest BCUT2D eigenvalue weighted by atomic mass is 10.0. The number of methoxy groups -OCH3 is 2. The fourth-order valence-electron chi connectivity index (χ4n) is 4.94. The average Bonchev–Trinajstić information content (AvgIpc) is 3.24. The molecule has 1 aliphatic heterocycles. The maximum Gasteiger partial charge on any atom is 0.247 e. The molecule has 190 valence electrons. The molecule has 0 aromatic heterocycles. The summed E-state index contributed by atoms with van der Waals surface area (Å²) in [5, 5.41) is 0. The molecule has 3 aromatic rings. The number of benzene rings is 3. The molecule has 7 nitrogen and oxygen atoms in total. The Kier molecular flexibility index (Phi) is 6.97. The van der Waals surface area contributed by atoms with Crippen molar-refractivity contribution in [2.24, 2.45) is 0 Å². The number of fused-ring (bicyclic) bond motifs is 3. The quantitative estimate of drug-likeness (QED) is 0.273. The van der Waals surface area contributed by atoms with Crippen LogP contribution in [0.1, 0.15) is 28.4 Å². The molecule has 1 amide bonds. The number of hydrogen-bond acceptors (Lipinski definition) is 6. The molecular formula is C30H29NO6. The zero-order chi connectivity index (χ0) is 25.9. The van der Waals surface area contributed by atoms with Gasteiger partial charge in [-0.05, 0) is 46.9 Å². The molecule has 1 unspecified atom stereocenters. The second-order valence-electron chi connectivity index (χ2n) is 8.97. The van der Waals surface area contributed by atoms with E-state index in [1.165, 1.54) is 21.1 Å². The molecule has 0 bridgehead atoms. The van der Waals surface area contributed by atoms with Gasteiger partial charge < -0.3 is 23.8 Å². The lowest BCUT2D eigenvalue weighted by Crippen LogP contribution is -2.47. The Morgan fingerprint density at radius 3 is 2.16 bits per heavy atom. The largest absolute Gasteiger partial charge is 0.493 e. The van der Waals surface area contributed by atoms with Gasteiger partial charge >= 0.3 is 0 Å². The van der Waals surface area contributed by atoms with E-state index in [0.29, 0.717) is 42.5 Å². The third-order valence-electron chi connectivity index (χ3n) is 6.74. The Morgan fingerprint density at radius 1 is 0.919 bits per heavy atom. The van der Waals surface area contributed by atoms with Crippen LogP contribution in [0.4, 0.5) is 0 Å². The minimum absolute atomic E-state index is 0.0711. The topological polar surface area (TPSA) is 74.3 Å². The van der Waals surface area contributed by atoms with Crippen molar-refractivity contribution < 1.29 is 28.5 Å². The highest BCUT2D eigenvalue weighted by Gasteiger charge is 2.28. The first-order chi connectivity index (χ1) is 18.0. The Labute approximate surface area is 216 Å². The highest BCUT2D eigenvalue weighted by molar-refractivity contribution is 6.08.